The summed E-state index contributed by atoms with van der Waals surface area (Å²) in [6, 6.07) is 11.0. The highest BCUT2D eigenvalue weighted by molar-refractivity contribution is 6.41. The van der Waals surface area contributed by atoms with Crippen molar-refractivity contribution in [3.63, 3.8) is 0 Å². The van der Waals surface area contributed by atoms with Crippen LogP contribution in [0.4, 0.5) is 0 Å². The predicted molar refractivity (Wildman–Crippen MR) is 186 cm³/mol. The van der Waals surface area contributed by atoms with Gasteiger partial charge in [0.15, 0.2) is 0 Å². The zero-order valence-electron chi connectivity index (χ0n) is 28.5. The van der Waals surface area contributed by atoms with Gasteiger partial charge in [-0.2, -0.15) is 0 Å². The number of nitrogens with one attached hydrogen (secondary N) is 1. The number of Topliss-reactive ketones (excluding diaryl/α,β-unsaturated/α-hetero) is 1. The molecule has 3 aromatic rings. The van der Waals surface area contributed by atoms with Gasteiger partial charge in [0.25, 0.3) is 17.7 Å². The minimum atomic E-state index is -1.50. The van der Waals surface area contributed by atoms with Gasteiger partial charge in [-0.25, -0.2) is 9.67 Å². The molecule has 3 fully saturated rings. The van der Waals surface area contributed by atoms with Crippen molar-refractivity contribution in [2.45, 2.75) is 101 Å². The monoisotopic (exact) mass is 697 g/mol. The second kappa shape index (κ2) is 15.3. The summed E-state index contributed by atoms with van der Waals surface area (Å²) in [4.78, 5) is 85.3. The Bertz CT molecular complexity index is 1870. The fourth-order valence-electron chi connectivity index (χ4n) is 7.96. The van der Waals surface area contributed by atoms with Crippen LogP contribution in [0.15, 0.2) is 53.7 Å². The number of hydrogen-bond donors (Lipinski definition) is 3. The van der Waals surface area contributed by atoms with Crippen LogP contribution < -0.4 is 11.1 Å². The molecule has 1 aromatic heterocycles. The predicted octanol–water partition coefficient (Wildman–Crippen LogP) is 3.33. The van der Waals surface area contributed by atoms with Crippen LogP contribution in [0, 0.1) is 5.92 Å². The Hall–Kier alpha value is -5.27. The van der Waals surface area contributed by atoms with Crippen LogP contribution >= 0.6 is 0 Å². The molecule has 0 radical (unpaired) electrons. The molecule has 2 heterocycles. The molecule has 4 amide bonds. The molecule has 3 aliphatic rings. The molecule has 2 atom stereocenters. The Morgan fingerprint density at radius 1 is 0.941 bits per heavy atom. The SMILES string of the molecule is NC(=O)C(=O)C1(NC(=O)[C@@H]2C[C@H](n3nncc3CC(=O)O)CN2C(=O)/C(CC2CCCCC2)=N/C(=O)c2ccc3ccccc3c2)CCCCC1. The molecule has 2 aliphatic carbocycles. The number of nitrogens with zero attached hydrogens (tertiary/aromatic N) is 5. The molecule has 2 saturated carbocycles. The van der Waals surface area contributed by atoms with E-state index in [0.717, 1.165) is 49.3 Å². The lowest BCUT2D eigenvalue weighted by Crippen LogP contribution is -2.62. The van der Waals surface area contributed by atoms with Crippen molar-refractivity contribution >= 4 is 51.9 Å². The number of hydrogen-bond acceptors (Lipinski definition) is 8. The van der Waals surface area contributed by atoms with Gasteiger partial charge < -0.3 is 21.1 Å². The van der Waals surface area contributed by atoms with Crippen molar-refractivity contribution in [3.8, 4) is 0 Å². The van der Waals surface area contributed by atoms with E-state index in [1.165, 1.54) is 15.8 Å². The van der Waals surface area contributed by atoms with Gasteiger partial charge in [-0.05, 0) is 48.1 Å². The fraction of sp³-hybridized carbons (Fsp3) is 0.486. The van der Waals surface area contributed by atoms with Gasteiger partial charge in [0, 0.05) is 18.5 Å². The van der Waals surface area contributed by atoms with Gasteiger partial charge in [-0.1, -0.05) is 86.9 Å². The summed E-state index contributed by atoms with van der Waals surface area (Å²) in [5.74, 6) is -4.85. The zero-order chi connectivity index (χ0) is 36.1. The van der Waals surface area contributed by atoms with Crippen molar-refractivity contribution < 1.29 is 33.9 Å². The first-order chi connectivity index (χ1) is 24.5. The van der Waals surface area contributed by atoms with Gasteiger partial charge in [0.2, 0.25) is 11.7 Å². The first kappa shape index (κ1) is 35.6. The second-order valence-corrected chi connectivity index (χ2v) is 14.1. The number of carbonyl (C=O) groups excluding carboxylic acids is 5. The summed E-state index contributed by atoms with van der Waals surface area (Å²) < 4.78 is 1.41. The third-order valence-corrected chi connectivity index (χ3v) is 10.6. The molecule has 268 valence electrons. The van der Waals surface area contributed by atoms with E-state index in [2.05, 4.69) is 20.6 Å². The Kier molecular flexibility index (Phi) is 10.7. The number of aliphatic imine (C=N–C) groups is 1. The van der Waals surface area contributed by atoms with Crippen molar-refractivity contribution in [3.05, 3.63) is 59.9 Å². The molecule has 2 aromatic carbocycles. The summed E-state index contributed by atoms with van der Waals surface area (Å²) in [7, 11) is 0. The average Bonchev–Trinajstić information content (AvgIpc) is 3.78. The third-order valence-electron chi connectivity index (χ3n) is 10.6. The van der Waals surface area contributed by atoms with Crippen molar-refractivity contribution in [1.82, 2.24) is 25.2 Å². The highest BCUT2D eigenvalue weighted by atomic mass is 16.4. The highest BCUT2D eigenvalue weighted by Crippen LogP contribution is 2.34. The van der Waals surface area contributed by atoms with E-state index in [4.69, 9.17) is 5.73 Å². The number of aliphatic carboxylic acids is 1. The number of rotatable bonds is 11. The van der Waals surface area contributed by atoms with Crippen LogP contribution in [0.2, 0.25) is 0 Å². The summed E-state index contributed by atoms with van der Waals surface area (Å²) in [6.45, 7) is -0.0580. The van der Waals surface area contributed by atoms with Crippen LogP contribution in [-0.2, 0) is 30.4 Å². The molecule has 14 nitrogen and oxygen atoms in total. The number of carboxylic acid groups (broad SMARTS) is 1. The maximum Gasteiger partial charge on any atom is 0.309 e. The molecule has 51 heavy (non-hydrogen) atoms. The summed E-state index contributed by atoms with van der Waals surface area (Å²) in [5, 5.41) is 22.1. The first-order valence-electron chi connectivity index (χ1n) is 17.7. The third kappa shape index (κ3) is 7.89. The number of carbonyl (C=O) groups is 6. The molecule has 0 bridgehead atoms. The molecule has 6 rings (SSSR count). The van der Waals surface area contributed by atoms with E-state index in [1.807, 2.05) is 30.3 Å². The van der Waals surface area contributed by atoms with Gasteiger partial charge in [-0.15, -0.1) is 5.10 Å². The number of amides is 4. The quantitative estimate of drug-likeness (QED) is 0.198. The Labute approximate surface area is 294 Å². The van der Waals surface area contributed by atoms with Crippen LogP contribution in [0.5, 0.6) is 0 Å². The zero-order valence-corrected chi connectivity index (χ0v) is 28.5. The van der Waals surface area contributed by atoms with E-state index in [0.29, 0.717) is 18.4 Å². The number of ketones is 1. The molecular weight excluding hydrogens is 654 g/mol. The lowest BCUT2D eigenvalue weighted by molar-refractivity contribution is -0.144. The van der Waals surface area contributed by atoms with E-state index < -0.39 is 53.0 Å². The Morgan fingerprint density at radius 3 is 2.35 bits per heavy atom. The largest absolute Gasteiger partial charge is 0.481 e. The van der Waals surface area contributed by atoms with Crippen LogP contribution in [0.25, 0.3) is 10.8 Å². The van der Waals surface area contributed by atoms with Crippen molar-refractivity contribution in [1.29, 1.82) is 0 Å². The van der Waals surface area contributed by atoms with Crippen molar-refractivity contribution in [2.24, 2.45) is 16.6 Å². The molecule has 0 spiro atoms. The normalized spacial score (nSPS) is 20.9. The fourth-order valence-corrected chi connectivity index (χ4v) is 7.96. The number of benzene rings is 2. The smallest absolute Gasteiger partial charge is 0.309 e. The minimum absolute atomic E-state index is 0.0176. The van der Waals surface area contributed by atoms with E-state index >= 15 is 0 Å². The van der Waals surface area contributed by atoms with Gasteiger partial charge in [0.1, 0.15) is 17.3 Å². The topological polar surface area (TPSA) is 207 Å². The maximum atomic E-state index is 14.7. The van der Waals surface area contributed by atoms with Gasteiger partial charge in [0.05, 0.1) is 24.4 Å². The molecule has 14 heteroatoms. The van der Waals surface area contributed by atoms with E-state index in [-0.39, 0.29) is 56.0 Å². The number of likely N-dealkylation sites (tertiary alicyclic amines) is 1. The lowest BCUT2D eigenvalue weighted by atomic mass is 9.78. The van der Waals surface area contributed by atoms with E-state index in [9.17, 15) is 33.9 Å². The van der Waals surface area contributed by atoms with Gasteiger partial charge in [-0.3, -0.25) is 28.8 Å². The second-order valence-electron chi connectivity index (χ2n) is 14.1. The lowest BCUT2D eigenvalue weighted by Gasteiger charge is -2.37. The number of fused-ring (bicyclic) bond motifs is 1. The molecular formula is C37H43N7O7. The van der Waals surface area contributed by atoms with Gasteiger partial charge >= 0.3 is 5.97 Å². The molecule has 1 aliphatic heterocycles. The first-order valence-corrected chi connectivity index (χ1v) is 17.7. The molecule has 4 N–H and O–H groups in total. The number of nitrogens with two attached hydrogens (primary N) is 1. The summed E-state index contributed by atoms with van der Waals surface area (Å²) in [6.07, 6.45) is 8.52. The number of primary amides is 1. The summed E-state index contributed by atoms with van der Waals surface area (Å²) >= 11 is 0. The highest BCUT2D eigenvalue weighted by Gasteiger charge is 2.48. The maximum absolute atomic E-state index is 14.7. The van der Waals surface area contributed by atoms with Crippen LogP contribution in [0.1, 0.15) is 99.1 Å². The van der Waals surface area contributed by atoms with Crippen LogP contribution in [-0.4, -0.2) is 84.2 Å². The number of carboxylic acids is 1. The van der Waals surface area contributed by atoms with Crippen LogP contribution in [0.3, 0.4) is 0 Å². The number of aromatic nitrogens is 3. The average molecular weight is 698 g/mol. The Balaban J connectivity index is 1.36. The summed E-state index contributed by atoms with van der Waals surface area (Å²) in [5.41, 5.74) is 4.57. The minimum Gasteiger partial charge on any atom is -0.481 e. The standard InChI is InChI=1S/C37H43N7O7/c38-33(48)32(47)37(15-7-2-8-16-37)41-35(50)30-19-28(44-27(20-31(45)46)21-39-42-44)22-43(30)36(51)29(17-23-9-3-1-4-10-23)40-34(49)26-14-13-24-11-5-6-12-25(24)18-26/h5-6,11-14,18,21,23,28,30H,1-4,7-10,15-17,19-20,22H2,(H2,38,48)(H,41,50)(H,45,46)/b40-29+/t28-,30-/m0/s1. The Morgan fingerprint density at radius 2 is 1.65 bits per heavy atom. The molecule has 0 unspecified atom stereocenters. The van der Waals surface area contributed by atoms with E-state index in [1.54, 1.807) is 12.1 Å². The van der Waals surface area contributed by atoms with Crippen molar-refractivity contribution in [2.75, 3.05) is 6.54 Å². The molecule has 1 saturated heterocycles.